The third-order valence-corrected chi connectivity index (χ3v) is 12.8. The van der Waals surface area contributed by atoms with Crippen LogP contribution in [-0.4, -0.2) is 9.13 Å². The molecule has 0 bridgehead atoms. The van der Waals surface area contributed by atoms with Gasteiger partial charge in [0.2, 0.25) is 0 Å². The SMILES string of the molecule is CC1C=CC=C(C#N)C1C1C=Cc2c(n(-c3ccc(-c4cccc(C#N)c4)c(-n4c5ccccc5c5ccc(-c6ccccc6C#N)cc54)c3C(F)(F)F)c3ccccc23)C1C. The van der Waals surface area contributed by atoms with E-state index >= 15 is 13.2 Å². The van der Waals surface area contributed by atoms with Crippen LogP contribution in [0.1, 0.15) is 47.7 Å². The highest BCUT2D eigenvalue weighted by atomic mass is 19.4. The van der Waals surface area contributed by atoms with Crippen molar-refractivity contribution < 1.29 is 13.2 Å². The number of fused-ring (bicyclic) bond motifs is 6. The maximum Gasteiger partial charge on any atom is 0.420 e. The average Bonchev–Trinajstić information content (AvgIpc) is 3.81. The molecule has 0 saturated heterocycles. The van der Waals surface area contributed by atoms with E-state index in [1.54, 1.807) is 57.7 Å². The molecule has 0 saturated carbocycles. The Morgan fingerprint density at radius 3 is 2.08 bits per heavy atom. The molecule has 62 heavy (non-hydrogen) atoms. The molecule has 8 heteroatoms. The van der Waals surface area contributed by atoms with Crippen molar-refractivity contribution in [2.75, 3.05) is 0 Å². The third-order valence-electron chi connectivity index (χ3n) is 12.8. The van der Waals surface area contributed by atoms with Gasteiger partial charge < -0.3 is 9.13 Å². The Morgan fingerprint density at radius 2 is 1.32 bits per heavy atom. The molecular formula is C54H36F3N5. The highest BCUT2D eigenvalue weighted by Crippen LogP contribution is 2.51. The summed E-state index contributed by atoms with van der Waals surface area (Å²) in [5, 5.41) is 32.7. The number of nitriles is 3. The molecule has 0 radical (unpaired) electrons. The Hall–Kier alpha value is -7.86. The van der Waals surface area contributed by atoms with Crippen LogP contribution in [0.3, 0.4) is 0 Å². The maximum atomic E-state index is 16.8. The molecule has 6 aromatic carbocycles. The number of hydrogen-bond acceptors (Lipinski definition) is 3. The molecular weight excluding hydrogens is 776 g/mol. The van der Waals surface area contributed by atoms with Gasteiger partial charge in [-0.05, 0) is 77.1 Å². The van der Waals surface area contributed by atoms with Crippen molar-refractivity contribution in [2.24, 2.45) is 17.8 Å². The Morgan fingerprint density at radius 1 is 0.613 bits per heavy atom. The summed E-state index contributed by atoms with van der Waals surface area (Å²) in [6.45, 7) is 4.15. The molecule has 0 aliphatic heterocycles. The quantitative estimate of drug-likeness (QED) is 0.174. The Balaban J connectivity index is 1.34. The molecule has 298 valence electrons. The fourth-order valence-electron chi connectivity index (χ4n) is 10.2. The van der Waals surface area contributed by atoms with Gasteiger partial charge in [0.1, 0.15) is 5.56 Å². The molecule has 4 atom stereocenters. The molecule has 10 rings (SSSR count). The molecule has 4 unspecified atom stereocenters. The molecule has 0 spiro atoms. The van der Waals surface area contributed by atoms with Gasteiger partial charge in [0.05, 0.1) is 57.3 Å². The van der Waals surface area contributed by atoms with E-state index in [1.165, 1.54) is 0 Å². The number of para-hydroxylation sites is 2. The topological polar surface area (TPSA) is 81.2 Å². The van der Waals surface area contributed by atoms with E-state index in [-0.39, 0.29) is 35.0 Å². The Kier molecular flexibility index (Phi) is 9.09. The summed E-state index contributed by atoms with van der Waals surface area (Å²) in [7, 11) is 0. The van der Waals surface area contributed by atoms with E-state index in [1.807, 2.05) is 97.1 Å². The predicted octanol–water partition coefficient (Wildman–Crippen LogP) is 13.8. The molecule has 2 aliphatic rings. The lowest BCUT2D eigenvalue weighted by molar-refractivity contribution is -0.137. The zero-order valence-corrected chi connectivity index (χ0v) is 33.7. The minimum atomic E-state index is -4.90. The van der Waals surface area contributed by atoms with Gasteiger partial charge >= 0.3 is 6.18 Å². The van der Waals surface area contributed by atoms with Crippen molar-refractivity contribution in [3.05, 3.63) is 185 Å². The highest BCUT2D eigenvalue weighted by molar-refractivity contribution is 6.11. The van der Waals surface area contributed by atoms with Crippen LogP contribution in [0.4, 0.5) is 13.2 Å². The average molecular weight is 812 g/mol. The van der Waals surface area contributed by atoms with Gasteiger partial charge in [0.15, 0.2) is 0 Å². The summed E-state index contributed by atoms with van der Waals surface area (Å²) in [5.41, 5.74) is 5.90. The second-order valence-corrected chi connectivity index (χ2v) is 16.2. The molecule has 8 aromatic rings. The highest BCUT2D eigenvalue weighted by Gasteiger charge is 2.43. The zero-order valence-electron chi connectivity index (χ0n) is 33.7. The molecule has 0 fully saturated rings. The van der Waals surface area contributed by atoms with Gasteiger partial charge in [0.25, 0.3) is 0 Å². The lowest BCUT2D eigenvalue weighted by atomic mass is 9.68. The number of allylic oxidation sites excluding steroid dienone is 5. The number of hydrogen-bond donors (Lipinski definition) is 0. The smallest absolute Gasteiger partial charge is 0.312 e. The first-order chi connectivity index (χ1) is 30.1. The predicted molar refractivity (Wildman–Crippen MR) is 239 cm³/mol. The van der Waals surface area contributed by atoms with Gasteiger partial charge in [-0.2, -0.15) is 29.0 Å². The first kappa shape index (κ1) is 38.3. The fourth-order valence-corrected chi connectivity index (χ4v) is 10.2. The van der Waals surface area contributed by atoms with Crippen molar-refractivity contribution in [1.82, 2.24) is 9.13 Å². The number of nitrogens with zero attached hydrogens (tertiary/aromatic N) is 5. The molecule has 2 heterocycles. The van der Waals surface area contributed by atoms with Crippen molar-refractivity contribution in [3.63, 3.8) is 0 Å². The van der Waals surface area contributed by atoms with Gasteiger partial charge in [-0.25, -0.2) is 0 Å². The van der Waals surface area contributed by atoms with Crippen LogP contribution in [0, 0.1) is 51.7 Å². The van der Waals surface area contributed by atoms with Crippen LogP contribution in [0.2, 0.25) is 0 Å². The Bertz CT molecular complexity index is 3390. The largest absolute Gasteiger partial charge is 0.420 e. The fraction of sp³-hybridized carbons (Fsp3) is 0.130. The van der Waals surface area contributed by atoms with Crippen molar-refractivity contribution >= 4 is 38.8 Å². The molecule has 0 amide bonds. The van der Waals surface area contributed by atoms with Crippen LogP contribution < -0.4 is 0 Å². The number of aromatic nitrogens is 2. The summed E-state index contributed by atoms with van der Waals surface area (Å²) >= 11 is 0. The number of halogens is 3. The summed E-state index contributed by atoms with van der Waals surface area (Å²) in [4.78, 5) is 0. The first-order valence-electron chi connectivity index (χ1n) is 20.5. The monoisotopic (exact) mass is 811 g/mol. The van der Waals surface area contributed by atoms with Gasteiger partial charge in [-0.1, -0.05) is 123 Å². The maximum absolute atomic E-state index is 16.8. The second-order valence-electron chi connectivity index (χ2n) is 16.2. The van der Waals surface area contributed by atoms with E-state index in [9.17, 15) is 15.8 Å². The number of rotatable bonds is 5. The van der Waals surface area contributed by atoms with Gasteiger partial charge in [0, 0.05) is 50.4 Å². The minimum Gasteiger partial charge on any atom is -0.312 e. The summed E-state index contributed by atoms with van der Waals surface area (Å²) in [6.07, 6.45) is 5.10. The van der Waals surface area contributed by atoms with Crippen molar-refractivity contribution in [1.29, 1.82) is 15.8 Å². The van der Waals surface area contributed by atoms with Crippen LogP contribution in [-0.2, 0) is 6.18 Å². The first-order valence-corrected chi connectivity index (χ1v) is 20.5. The lowest BCUT2D eigenvalue weighted by Crippen LogP contribution is -2.29. The van der Waals surface area contributed by atoms with Gasteiger partial charge in [-0.15, -0.1) is 0 Å². The zero-order chi connectivity index (χ0) is 42.9. The summed E-state index contributed by atoms with van der Waals surface area (Å²) < 4.78 is 54.0. The van der Waals surface area contributed by atoms with E-state index in [2.05, 4.69) is 44.2 Å². The second kappa shape index (κ2) is 14.7. The molecule has 5 nitrogen and oxygen atoms in total. The number of benzene rings is 6. The van der Waals surface area contributed by atoms with Crippen molar-refractivity contribution in [2.45, 2.75) is 25.9 Å². The molecule has 2 aliphatic carbocycles. The standard InChI is InChI=1S/C54H36F3N5/c1-32-11-9-15-38(31-60)50(32)39-23-24-45-43-18-6-8-20-47(43)61(52(45)33(39)2)48-26-25-41(35-14-10-12-34(27-35)29-58)53(51(48)54(55,56)57)62-46-19-7-5-17-42(46)44-22-21-36(28-49(44)62)40-16-4-3-13-37(40)30-59/h3-28,32-33,39,50H,1-2H3. The molecule has 0 N–H and O–H groups in total. The minimum absolute atomic E-state index is 0.0319. The van der Waals surface area contributed by atoms with E-state index in [4.69, 9.17) is 0 Å². The van der Waals surface area contributed by atoms with Crippen molar-refractivity contribution in [3.8, 4) is 51.8 Å². The van der Waals surface area contributed by atoms with E-state index < -0.39 is 11.7 Å². The van der Waals surface area contributed by atoms with E-state index in [0.29, 0.717) is 55.5 Å². The Labute approximate surface area is 356 Å². The summed E-state index contributed by atoms with van der Waals surface area (Å²) in [6, 6.07) is 44.8. The molecule has 2 aromatic heterocycles. The number of alkyl halides is 3. The van der Waals surface area contributed by atoms with Crippen LogP contribution in [0.25, 0.3) is 72.4 Å². The lowest BCUT2D eigenvalue weighted by Gasteiger charge is -2.37. The normalized spacial score (nSPS) is 18.3. The van der Waals surface area contributed by atoms with Crippen LogP contribution >= 0.6 is 0 Å². The van der Waals surface area contributed by atoms with Gasteiger partial charge in [-0.3, -0.25) is 0 Å². The third kappa shape index (κ3) is 5.89. The van der Waals surface area contributed by atoms with E-state index in [0.717, 1.165) is 27.4 Å². The summed E-state index contributed by atoms with van der Waals surface area (Å²) in [5.74, 6) is -0.593. The van der Waals surface area contributed by atoms with Crippen LogP contribution in [0.5, 0.6) is 0 Å². The van der Waals surface area contributed by atoms with Crippen LogP contribution in [0.15, 0.2) is 157 Å².